The molecule has 3 rings (SSSR count). The predicted octanol–water partition coefficient (Wildman–Crippen LogP) is 3.71. The number of halogens is 3. The standard InChI is InChI=1S/C14H13F3N2O2.C6H8N2O2/c1-2-21-13(20)11-7-18-19(9-11)8-10-3-5-12(6-4-10)14(15,16)17;1-2-10-6(9)5-3-7-8-4-5/h3-7,9H,2,8H2,1H3;3-4H,2H2,1H3,(H,7,8). The molecule has 0 unspecified atom stereocenters. The van der Waals surface area contributed by atoms with Crippen LogP contribution >= 0.6 is 0 Å². The molecule has 0 aliphatic heterocycles. The second-order valence-electron chi connectivity index (χ2n) is 6.05. The SMILES string of the molecule is CCOC(=O)c1cn[nH]c1.CCOC(=O)c1cnn(Cc2ccc(C(F)(F)F)cc2)c1. The highest BCUT2D eigenvalue weighted by Gasteiger charge is 2.29. The summed E-state index contributed by atoms with van der Waals surface area (Å²) in [4.78, 5) is 22.3. The smallest absolute Gasteiger partial charge is 0.416 e. The van der Waals surface area contributed by atoms with Gasteiger partial charge in [-0.25, -0.2) is 9.59 Å². The molecule has 0 atom stereocenters. The van der Waals surface area contributed by atoms with Crippen molar-refractivity contribution in [1.29, 1.82) is 0 Å². The van der Waals surface area contributed by atoms with E-state index in [2.05, 4.69) is 20.0 Å². The number of rotatable bonds is 6. The van der Waals surface area contributed by atoms with Crippen molar-refractivity contribution in [3.8, 4) is 0 Å². The van der Waals surface area contributed by atoms with E-state index in [0.717, 1.165) is 12.1 Å². The van der Waals surface area contributed by atoms with Crippen LogP contribution in [0.2, 0.25) is 0 Å². The third-order valence-electron chi connectivity index (χ3n) is 3.78. The second kappa shape index (κ2) is 11.0. The average molecular weight is 438 g/mol. The van der Waals surface area contributed by atoms with Gasteiger partial charge in [-0.1, -0.05) is 12.1 Å². The minimum absolute atomic E-state index is 0.267. The summed E-state index contributed by atoms with van der Waals surface area (Å²) in [5.41, 5.74) is 0.728. The number of ether oxygens (including phenoxy) is 2. The molecular formula is C20H21F3N4O4. The molecule has 0 saturated heterocycles. The molecule has 1 N–H and O–H groups in total. The Morgan fingerprint density at radius 2 is 1.61 bits per heavy atom. The van der Waals surface area contributed by atoms with E-state index in [1.807, 2.05) is 0 Å². The normalized spacial score (nSPS) is 10.7. The Bertz CT molecular complexity index is 967. The van der Waals surface area contributed by atoms with E-state index in [1.165, 1.54) is 41.6 Å². The summed E-state index contributed by atoms with van der Waals surface area (Å²) >= 11 is 0. The van der Waals surface area contributed by atoms with Crippen LogP contribution < -0.4 is 0 Å². The van der Waals surface area contributed by atoms with Crippen molar-refractivity contribution >= 4 is 11.9 Å². The largest absolute Gasteiger partial charge is 0.462 e. The van der Waals surface area contributed by atoms with Crippen LogP contribution in [0.15, 0.2) is 49.1 Å². The molecule has 0 bridgehead atoms. The average Bonchev–Trinajstić information content (AvgIpc) is 3.41. The summed E-state index contributed by atoms with van der Waals surface area (Å²) in [6, 6.07) is 4.80. The fourth-order valence-corrected chi connectivity index (χ4v) is 2.33. The minimum Gasteiger partial charge on any atom is -0.462 e. The third kappa shape index (κ3) is 7.28. The van der Waals surface area contributed by atoms with Crippen LogP contribution in [-0.4, -0.2) is 45.1 Å². The molecule has 0 spiro atoms. The van der Waals surface area contributed by atoms with E-state index >= 15 is 0 Å². The van der Waals surface area contributed by atoms with Gasteiger partial charge in [-0.3, -0.25) is 9.78 Å². The predicted molar refractivity (Wildman–Crippen MR) is 103 cm³/mol. The van der Waals surface area contributed by atoms with Crippen molar-refractivity contribution in [1.82, 2.24) is 20.0 Å². The quantitative estimate of drug-likeness (QED) is 0.589. The second-order valence-corrected chi connectivity index (χ2v) is 6.05. The number of H-pyrrole nitrogens is 1. The highest BCUT2D eigenvalue weighted by Crippen LogP contribution is 2.29. The van der Waals surface area contributed by atoms with Crippen LogP contribution in [0.3, 0.4) is 0 Å². The van der Waals surface area contributed by atoms with Gasteiger partial charge in [0.25, 0.3) is 0 Å². The highest BCUT2D eigenvalue weighted by atomic mass is 19.4. The van der Waals surface area contributed by atoms with E-state index in [4.69, 9.17) is 4.74 Å². The lowest BCUT2D eigenvalue weighted by atomic mass is 10.1. The Kier molecular flexibility index (Phi) is 8.35. The molecule has 0 fully saturated rings. The maximum absolute atomic E-state index is 12.4. The Hall–Kier alpha value is -3.63. The Morgan fingerprint density at radius 1 is 1.00 bits per heavy atom. The Labute approximate surface area is 176 Å². The van der Waals surface area contributed by atoms with E-state index in [0.29, 0.717) is 23.3 Å². The van der Waals surface area contributed by atoms with Gasteiger partial charge >= 0.3 is 18.1 Å². The number of carbonyl (C=O) groups excluding carboxylic acids is 2. The molecule has 8 nitrogen and oxygen atoms in total. The van der Waals surface area contributed by atoms with E-state index in [-0.39, 0.29) is 19.1 Å². The van der Waals surface area contributed by atoms with Gasteiger partial charge in [-0.15, -0.1) is 0 Å². The number of esters is 2. The summed E-state index contributed by atoms with van der Waals surface area (Å²) in [5, 5.41) is 10.1. The number of benzene rings is 1. The first-order chi connectivity index (χ1) is 14.7. The molecule has 0 aliphatic rings. The summed E-state index contributed by atoms with van der Waals surface area (Å²) in [5.74, 6) is -0.813. The van der Waals surface area contributed by atoms with Crippen LogP contribution in [0.5, 0.6) is 0 Å². The fraction of sp³-hybridized carbons (Fsp3) is 0.300. The van der Waals surface area contributed by atoms with Crippen molar-refractivity contribution in [3.63, 3.8) is 0 Å². The molecule has 31 heavy (non-hydrogen) atoms. The van der Waals surface area contributed by atoms with E-state index in [1.54, 1.807) is 13.8 Å². The molecule has 2 heterocycles. The van der Waals surface area contributed by atoms with Gasteiger partial charge in [-0.2, -0.15) is 23.4 Å². The summed E-state index contributed by atoms with van der Waals surface area (Å²) < 4.78 is 48.3. The number of nitrogens with zero attached hydrogens (tertiary/aromatic N) is 3. The molecule has 1 aromatic carbocycles. The van der Waals surface area contributed by atoms with Crippen molar-refractivity contribution in [3.05, 3.63) is 71.3 Å². The Morgan fingerprint density at radius 3 is 2.13 bits per heavy atom. The molecule has 3 aromatic rings. The van der Waals surface area contributed by atoms with Gasteiger partial charge in [0.05, 0.1) is 48.8 Å². The molecule has 166 valence electrons. The van der Waals surface area contributed by atoms with Gasteiger partial charge in [0.15, 0.2) is 0 Å². The third-order valence-corrected chi connectivity index (χ3v) is 3.78. The zero-order valence-electron chi connectivity index (χ0n) is 16.8. The first-order valence-corrected chi connectivity index (χ1v) is 9.26. The number of aromatic nitrogens is 4. The molecular weight excluding hydrogens is 417 g/mol. The number of hydrogen-bond acceptors (Lipinski definition) is 6. The summed E-state index contributed by atoms with van der Waals surface area (Å²) in [6.45, 7) is 4.40. The van der Waals surface area contributed by atoms with Crippen LogP contribution in [-0.2, 0) is 22.2 Å². The maximum Gasteiger partial charge on any atom is 0.416 e. The van der Waals surface area contributed by atoms with E-state index < -0.39 is 17.7 Å². The van der Waals surface area contributed by atoms with Crippen molar-refractivity contribution in [2.24, 2.45) is 0 Å². The lowest BCUT2D eigenvalue weighted by Crippen LogP contribution is -2.06. The highest BCUT2D eigenvalue weighted by molar-refractivity contribution is 5.89. The molecule has 0 amide bonds. The number of aromatic amines is 1. The van der Waals surface area contributed by atoms with Gasteiger partial charge in [-0.05, 0) is 31.5 Å². The number of nitrogens with one attached hydrogen (secondary N) is 1. The van der Waals surface area contributed by atoms with Crippen molar-refractivity contribution in [2.45, 2.75) is 26.6 Å². The number of alkyl halides is 3. The first-order valence-electron chi connectivity index (χ1n) is 9.26. The van der Waals surface area contributed by atoms with Gasteiger partial charge < -0.3 is 9.47 Å². The number of carbonyl (C=O) groups is 2. The fourth-order valence-electron chi connectivity index (χ4n) is 2.33. The van der Waals surface area contributed by atoms with Crippen LogP contribution in [0, 0.1) is 0 Å². The summed E-state index contributed by atoms with van der Waals surface area (Å²) in [7, 11) is 0. The molecule has 2 aromatic heterocycles. The van der Waals surface area contributed by atoms with Gasteiger partial charge in [0.1, 0.15) is 0 Å². The summed E-state index contributed by atoms with van der Waals surface area (Å²) in [6.07, 6.45) is 1.44. The van der Waals surface area contributed by atoms with Crippen molar-refractivity contribution < 1.29 is 32.2 Å². The zero-order chi connectivity index (χ0) is 22.9. The van der Waals surface area contributed by atoms with Crippen LogP contribution in [0.1, 0.15) is 45.7 Å². The first kappa shape index (κ1) is 23.6. The number of hydrogen-bond donors (Lipinski definition) is 1. The van der Waals surface area contributed by atoms with Crippen molar-refractivity contribution in [2.75, 3.05) is 13.2 Å². The Balaban J connectivity index is 0.000000285. The van der Waals surface area contributed by atoms with Gasteiger partial charge in [0, 0.05) is 12.4 Å². The molecule has 0 aliphatic carbocycles. The molecule has 0 radical (unpaired) electrons. The van der Waals surface area contributed by atoms with Crippen LogP contribution in [0.25, 0.3) is 0 Å². The monoisotopic (exact) mass is 438 g/mol. The lowest BCUT2D eigenvalue weighted by Gasteiger charge is -2.07. The van der Waals surface area contributed by atoms with Crippen LogP contribution in [0.4, 0.5) is 13.2 Å². The topological polar surface area (TPSA) is 99.1 Å². The maximum atomic E-state index is 12.4. The zero-order valence-corrected chi connectivity index (χ0v) is 16.8. The molecule has 0 saturated carbocycles. The molecule has 11 heteroatoms. The minimum atomic E-state index is -4.35. The van der Waals surface area contributed by atoms with Gasteiger partial charge in [0.2, 0.25) is 0 Å². The van der Waals surface area contributed by atoms with E-state index in [9.17, 15) is 22.8 Å². The lowest BCUT2D eigenvalue weighted by molar-refractivity contribution is -0.137.